The lowest BCUT2D eigenvalue weighted by atomic mass is 10.1. The number of aryl methyl sites for hydroxylation is 1. The standard InChI is InChI=1S/C16H15BrO4S/c1-11-5-7-13(8-6-11)22(18,19)20-10-12-9-14-15(17)3-2-4-16(14)21-12/h2-8,12H,9-10H2,1H3. The van der Waals surface area contributed by atoms with E-state index in [0.29, 0.717) is 6.42 Å². The predicted octanol–water partition coefficient (Wildman–Crippen LogP) is 3.47. The molecule has 0 aromatic heterocycles. The van der Waals surface area contributed by atoms with Crippen LogP contribution in [0.15, 0.2) is 51.8 Å². The van der Waals surface area contributed by atoms with Crippen LogP contribution in [0, 0.1) is 6.92 Å². The molecule has 0 aliphatic carbocycles. The maximum Gasteiger partial charge on any atom is 0.297 e. The molecule has 0 amide bonds. The molecule has 0 N–H and O–H groups in total. The Morgan fingerprint density at radius 2 is 1.95 bits per heavy atom. The van der Waals surface area contributed by atoms with Crippen molar-refractivity contribution in [3.05, 3.63) is 58.1 Å². The fraction of sp³-hybridized carbons (Fsp3) is 0.250. The summed E-state index contributed by atoms with van der Waals surface area (Å²) < 4.78 is 36.1. The topological polar surface area (TPSA) is 52.6 Å². The van der Waals surface area contributed by atoms with Crippen LogP contribution in [0.3, 0.4) is 0 Å². The van der Waals surface area contributed by atoms with Gasteiger partial charge in [0.1, 0.15) is 18.5 Å². The third-order valence-corrected chi connectivity index (χ3v) is 5.56. The Hall–Kier alpha value is -1.37. The largest absolute Gasteiger partial charge is 0.487 e. The van der Waals surface area contributed by atoms with E-state index in [1.807, 2.05) is 25.1 Å². The lowest BCUT2D eigenvalue weighted by Gasteiger charge is -2.11. The molecule has 116 valence electrons. The smallest absolute Gasteiger partial charge is 0.297 e. The zero-order valence-corrected chi connectivity index (χ0v) is 14.4. The van der Waals surface area contributed by atoms with Crippen molar-refractivity contribution in [1.82, 2.24) is 0 Å². The Kier molecular flexibility index (Phi) is 4.25. The number of rotatable bonds is 4. The molecule has 0 spiro atoms. The van der Waals surface area contributed by atoms with Crippen molar-refractivity contribution < 1.29 is 17.3 Å². The first-order valence-electron chi connectivity index (χ1n) is 6.86. The van der Waals surface area contributed by atoms with Crippen molar-refractivity contribution >= 4 is 26.0 Å². The Labute approximate surface area is 138 Å². The maximum absolute atomic E-state index is 12.2. The summed E-state index contributed by atoms with van der Waals surface area (Å²) in [5, 5.41) is 0. The van der Waals surface area contributed by atoms with E-state index in [0.717, 1.165) is 21.3 Å². The highest BCUT2D eigenvalue weighted by Gasteiger charge is 2.27. The van der Waals surface area contributed by atoms with E-state index in [9.17, 15) is 8.42 Å². The van der Waals surface area contributed by atoms with Crippen molar-refractivity contribution in [3.63, 3.8) is 0 Å². The van der Waals surface area contributed by atoms with Crippen LogP contribution >= 0.6 is 15.9 Å². The molecule has 0 saturated carbocycles. The van der Waals surface area contributed by atoms with Gasteiger partial charge in [-0.1, -0.05) is 39.7 Å². The highest BCUT2D eigenvalue weighted by Crippen LogP contribution is 2.34. The maximum atomic E-state index is 12.2. The van der Waals surface area contributed by atoms with E-state index in [-0.39, 0.29) is 17.6 Å². The van der Waals surface area contributed by atoms with Crippen LogP contribution in [0.2, 0.25) is 0 Å². The molecule has 0 radical (unpaired) electrons. The predicted molar refractivity (Wildman–Crippen MR) is 86.6 cm³/mol. The number of ether oxygens (including phenoxy) is 1. The summed E-state index contributed by atoms with van der Waals surface area (Å²) in [4.78, 5) is 0.162. The van der Waals surface area contributed by atoms with Crippen LogP contribution < -0.4 is 4.74 Å². The lowest BCUT2D eigenvalue weighted by Crippen LogP contribution is -2.23. The van der Waals surface area contributed by atoms with Gasteiger partial charge in [-0.3, -0.25) is 4.18 Å². The lowest BCUT2D eigenvalue weighted by molar-refractivity contribution is 0.152. The summed E-state index contributed by atoms with van der Waals surface area (Å²) in [7, 11) is -3.75. The molecule has 0 saturated heterocycles. The molecular weight excluding hydrogens is 368 g/mol. The van der Waals surface area contributed by atoms with Crippen LogP contribution in [-0.2, 0) is 20.7 Å². The van der Waals surface area contributed by atoms with Gasteiger partial charge in [0.2, 0.25) is 0 Å². The summed E-state index contributed by atoms with van der Waals surface area (Å²) in [6, 6.07) is 12.3. The van der Waals surface area contributed by atoms with Crippen molar-refractivity contribution in [2.45, 2.75) is 24.3 Å². The summed E-state index contributed by atoms with van der Waals surface area (Å²) in [5.41, 5.74) is 2.04. The Balaban J connectivity index is 1.67. The molecule has 4 nitrogen and oxygen atoms in total. The van der Waals surface area contributed by atoms with E-state index in [4.69, 9.17) is 8.92 Å². The minimum absolute atomic E-state index is 0.00265. The highest BCUT2D eigenvalue weighted by molar-refractivity contribution is 9.10. The molecule has 1 atom stereocenters. The molecule has 1 unspecified atom stereocenters. The number of hydrogen-bond acceptors (Lipinski definition) is 4. The molecule has 3 rings (SSSR count). The molecule has 0 fully saturated rings. The minimum Gasteiger partial charge on any atom is -0.487 e. The van der Waals surface area contributed by atoms with Gasteiger partial charge in [0.05, 0.1) is 4.90 Å². The second-order valence-corrected chi connectivity index (χ2v) is 7.68. The molecule has 6 heteroatoms. The average molecular weight is 383 g/mol. The van der Waals surface area contributed by atoms with E-state index in [1.165, 1.54) is 0 Å². The Morgan fingerprint density at radius 3 is 2.64 bits per heavy atom. The summed E-state index contributed by atoms with van der Waals surface area (Å²) in [5.74, 6) is 0.774. The van der Waals surface area contributed by atoms with Gasteiger partial charge < -0.3 is 4.74 Å². The average Bonchev–Trinajstić information content (AvgIpc) is 2.90. The molecule has 22 heavy (non-hydrogen) atoms. The SMILES string of the molecule is Cc1ccc(S(=O)(=O)OCC2Cc3c(Br)cccc3O2)cc1. The van der Waals surface area contributed by atoms with Crippen molar-refractivity contribution in [1.29, 1.82) is 0 Å². The second-order valence-electron chi connectivity index (χ2n) is 5.21. The monoisotopic (exact) mass is 382 g/mol. The number of fused-ring (bicyclic) bond motifs is 1. The third-order valence-electron chi connectivity index (χ3n) is 3.52. The van der Waals surface area contributed by atoms with Gasteiger partial charge in [-0.2, -0.15) is 8.42 Å². The molecule has 1 heterocycles. The summed E-state index contributed by atoms with van der Waals surface area (Å²) in [6.07, 6.45) is 0.328. The molecule has 1 aliphatic heterocycles. The van der Waals surface area contributed by atoms with Crippen LogP contribution in [0.25, 0.3) is 0 Å². The third kappa shape index (κ3) is 3.19. The molecular formula is C16H15BrO4S. The second kappa shape index (κ2) is 6.02. The molecule has 2 aromatic rings. The van der Waals surface area contributed by atoms with Gasteiger partial charge in [0, 0.05) is 16.5 Å². The van der Waals surface area contributed by atoms with Gasteiger partial charge in [-0.15, -0.1) is 0 Å². The van der Waals surface area contributed by atoms with Crippen LogP contribution in [-0.4, -0.2) is 21.1 Å². The van der Waals surface area contributed by atoms with Crippen molar-refractivity contribution in [3.8, 4) is 5.75 Å². The normalized spacial score (nSPS) is 17.1. The number of benzene rings is 2. The zero-order valence-electron chi connectivity index (χ0n) is 12.0. The zero-order chi connectivity index (χ0) is 15.7. The molecule has 2 aromatic carbocycles. The van der Waals surface area contributed by atoms with Gasteiger partial charge in [0.15, 0.2) is 0 Å². The van der Waals surface area contributed by atoms with E-state index >= 15 is 0 Å². The molecule has 1 aliphatic rings. The Bertz CT molecular complexity index is 784. The Morgan fingerprint density at radius 1 is 1.23 bits per heavy atom. The van der Waals surface area contributed by atoms with Crippen LogP contribution in [0.4, 0.5) is 0 Å². The quantitative estimate of drug-likeness (QED) is 0.759. The van der Waals surface area contributed by atoms with E-state index in [2.05, 4.69) is 15.9 Å². The van der Waals surface area contributed by atoms with Gasteiger partial charge in [0.25, 0.3) is 10.1 Å². The van der Waals surface area contributed by atoms with Crippen LogP contribution in [0.5, 0.6) is 5.75 Å². The first-order valence-corrected chi connectivity index (χ1v) is 9.06. The molecule has 0 bridgehead atoms. The first kappa shape index (κ1) is 15.5. The number of hydrogen-bond donors (Lipinski definition) is 0. The fourth-order valence-electron chi connectivity index (χ4n) is 2.33. The minimum atomic E-state index is -3.75. The summed E-state index contributed by atoms with van der Waals surface area (Å²) in [6.45, 7) is 1.90. The fourth-order valence-corrected chi connectivity index (χ4v) is 3.77. The van der Waals surface area contributed by atoms with Crippen LogP contribution in [0.1, 0.15) is 11.1 Å². The van der Waals surface area contributed by atoms with Gasteiger partial charge in [-0.25, -0.2) is 0 Å². The van der Waals surface area contributed by atoms with Crippen molar-refractivity contribution in [2.75, 3.05) is 6.61 Å². The van der Waals surface area contributed by atoms with Crippen molar-refractivity contribution in [2.24, 2.45) is 0 Å². The van der Waals surface area contributed by atoms with Gasteiger partial charge in [-0.05, 0) is 31.2 Å². The summed E-state index contributed by atoms with van der Waals surface area (Å²) >= 11 is 3.47. The highest BCUT2D eigenvalue weighted by atomic mass is 79.9. The van der Waals surface area contributed by atoms with E-state index < -0.39 is 10.1 Å². The van der Waals surface area contributed by atoms with Gasteiger partial charge >= 0.3 is 0 Å². The van der Waals surface area contributed by atoms with E-state index in [1.54, 1.807) is 24.3 Å². The number of halogens is 1. The first-order chi connectivity index (χ1) is 10.5.